The number of aromatic nitrogens is 2. The number of aromatic amines is 1. The smallest absolute Gasteiger partial charge is 0.310 e. The Bertz CT molecular complexity index is 514. The molecule has 2 aromatic rings. The lowest BCUT2D eigenvalue weighted by Crippen LogP contribution is -2.04. The number of nitrogens with zero attached hydrogens (tertiary/aromatic N) is 1. The molecule has 4 nitrogen and oxygen atoms in total. The van der Waals surface area contributed by atoms with Gasteiger partial charge in [-0.3, -0.25) is 9.89 Å². The Morgan fingerprint density at radius 2 is 2.06 bits per heavy atom. The number of rotatable bonds is 3. The van der Waals surface area contributed by atoms with E-state index < -0.39 is 0 Å². The first kappa shape index (κ1) is 11.4. The van der Waals surface area contributed by atoms with Gasteiger partial charge in [0.1, 0.15) is 0 Å². The topological polar surface area (TPSA) is 55.0 Å². The average Bonchev–Trinajstić information content (AvgIpc) is 2.78. The highest BCUT2D eigenvalue weighted by atomic mass is 16.5. The standard InChI is InChI=1S/C13H14N2O2/c1-9-3-5-10(6-4-9)13-11(8-14-15-13)7-12(16)17-2/h3-6,8H,7H2,1-2H3,(H,14,15). The summed E-state index contributed by atoms with van der Waals surface area (Å²) in [7, 11) is 1.38. The molecule has 0 unspecified atom stereocenters. The van der Waals surface area contributed by atoms with E-state index in [2.05, 4.69) is 14.9 Å². The van der Waals surface area contributed by atoms with E-state index in [4.69, 9.17) is 0 Å². The summed E-state index contributed by atoms with van der Waals surface area (Å²) < 4.78 is 4.65. The second kappa shape index (κ2) is 4.82. The number of carbonyl (C=O) groups is 1. The van der Waals surface area contributed by atoms with Crippen LogP contribution >= 0.6 is 0 Å². The van der Waals surface area contributed by atoms with Crippen molar-refractivity contribution in [2.45, 2.75) is 13.3 Å². The molecule has 1 aromatic carbocycles. The largest absolute Gasteiger partial charge is 0.469 e. The zero-order chi connectivity index (χ0) is 12.3. The Labute approximate surface area is 99.6 Å². The van der Waals surface area contributed by atoms with Gasteiger partial charge >= 0.3 is 5.97 Å². The maximum absolute atomic E-state index is 11.3. The van der Waals surface area contributed by atoms with Crippen molar-refractivity contribution in [2.75, 3.05) is 7.11 Å². The van der Waals surface area contributed by atoms with Crippen LogP contribution in [0.1, 0.15) is 11.1 Å². The molecule has 1 aromatic heterocycles. The summed E-state index contributed by atoms with van der Waals surface area (Å²) in [6.07, 6.45) is 1.89. The van der Waals surface area contributed by atoms with Gasteiger partial charge in [0.25, 0.3) is 0 Å². The summed E-state index contributed by atoms with van der Waals surface area (Å²) in [6, 6.07) is 8.06. The fourth-order valence-electron chi connectivity index (χ4n) is 1.64. The van der Waals surface area contributed by atoms with E-state index in [0.29, 0.717) is 0 Å². The molecule has 0 bridgehead atoms. The van der Waals surface area contributed by atoms with Crippen molar-refractivity contribution in [3.05, 3.63) is 41.6 Å². The van der Waals surface area contributed by atoms with Gasteiger partial charge in [0.15, 0.2) is 0 Å². The Balaban J connectivity index is 2.30. The zero-order valence-corrected chi connectivity index (χ0v) is 9.86. The Morgan fingerprint density at radius 1 is 1.35 bits per heavy atom. The van der Waals surface area contributed by atoms with Crippen LogP contribution in [-0.4, -0.2) is 23.3 Å². The van der Waals surface area contributed by atoms with Gasteiger partial charge in [-0.15, -0.1) is 0 Å². The molecule has 0 aliphatic heterocycles. The minimum atomic E-state index is -0.264. The molecule has 0 fully saturated rings. The monoisotopic (exact) mass is 230 g/mol. The van der Waals surface area contributed by atoms with Crippen LogP contribution in [0.5, 0.6) is 0 Å². The van der Waals surface area contributed by atoms with Gasteiger partial charge in [-0.1, -0.05) is 29.8 Å². The fourth-order valence-corrected chi connectivity index (χ4v) is 1.64. The number of carbonyl (C=O) groups excluding carboxylic acids is 1. The van der Waals surface area contributed by atoms with E-state index in [-0.39, 0.29) is 12.4 Å². The van der Waals surface area contributed by atoms with Gasteiger partial charge in [0, 0.05) is 5.56 Å². The van der Waals surface area contributed by atoms with Crippen molar-refractivity contribution in [3.8, 4) is 11.3 Å². The van der Waals surface area contributed by atoms with E-state index in [1.165, 1.54) is 12.7 Å². The summed E-state index contributed by atoms with van der Waals surface area (Å²) in [5, 5.41) is 6.89. The van der Waals surface area contributed by atoms with Crippen LogP contribution in [0.4, 0.5) is 0 Å². The quantitative estimate of drug-likeness (QED) is 0.821. The van der Waals surface area contributed by atoms with E-state index in [1.54, 1.807) is 6.20 Å². The predicted octanol–water partition coefficient (Wildman–Crippen LogP) is 2.10. The Kier molecular flexibility index (Phi) is 3.23. The number of benzene rings is 1. The van der Waals surface area contributed by atoms with Crippen molar-refractivity contribution in [2.24, 2.45) is 0 Å². The lowest BCUT2D eigenvalue weighted by molar-refractivity contribution is -0.139. The van der Waals surface area contributed by atoms with Crippen LogP contribution in [0.15, 0.2) is 30.5 Å². The van der Waals surface area contributed by atoms with Crippen molar-refractivity contribution in [1.29, 1.82) is 0 Å². The van der Waals surface area contributed by atoms with Crippen LogP contribution < -0.4 is 0 Å². The molecule has 0 aliphatic carbocycles. The maximum Gasteiger partial charge on any atom is 0.310 e. The molecular formula is C13H14N2O2. The lowest BCUT2D eigenvalue weighted by Gasteiger charge is -2.03. The van der Waals surface area contributed by atoms with Gasteiger partial charge in [0.2, 0.25) is 0 Å². The molecule has 1 heterocycles. The number of methoxy groups -OCH3 is 1. The van der Waals surface area contributed by atoms with Gasteiger partial charge in [-0.05, 0) is 12.5 Å². The molecule has 1 N–H and O–H groups in total. The number of aryl methyl sites for hydroxylation is 1. The third-order valence-corrected chi connectivity index (χ3v) is 2.62. The number of nitrogens with one attached hydrogen (secondary N) is 1. The molecule has 0 radical (unpaired) electrons. The number of hydrogen-bond acceptors (Lipinski definition) is 3. The van der Waals surface area contributed by atoms with Gasteiger partial charge in [-0.25, -0.2) is 0 Å². The predicted molar refractivity (Wildman–Crippen MR) is 64.5 cm³/mol. The third kappa shape index (κ3) is 2.53. The first-order chi connectivity index (χ1) is 8.20. The average molecular weight is 230 g/mol. The highest BCUT2D eigenvalue weighted by molar-refractivity contribution is 5.76. The third-order valence-electron chi connectivity index (χ3n) is 2.62. The Morgan fingerprint density at radius 3 is 2.71 bits per heavy atom. The van der Waals surface area contributed by atoms with E-state index in [0.717, 1.165) is 16.8 Å². The minimum Gasteiger partial charge on any atom is -0.469 e. The molecule has 0 saturated heterocycles. The summed E-state index contributed by atoms with van der Waals surface area (Å²) in [4.78, 5) is 11.3. The van der Waals surface area contributed by atoms with Crippen LogP contribution in [0.3, 0.4) is 0 Å². The molecule has 17 heavy (non-hydrogen) atoms. The summed E-state index contributed by atoms with van der Waals surface area (Å²) in [5.74, 6) is -0.264. The van der Waals surface area contributed by atoms with Crippen molar-refractivity contribution >= 4 is 5.97 Å². The highest BCUT2D eigenvalue weighted by Gasteiger charge is 2.11. The maximum atomic E-state index is 11.3. The summed E-state index contributed by atoms with van der Waals surface area (Å²) in [6.45, 7) is 2.03. The van der Waals surface area contributed by atoms with Gasteiger partial charge < -0.3 is 4.74 Å². The summed E-state index contributed by atoms with van der Waals surface area (Å²) in [5.41, 5.74) is 3.94. The highest BCUT2D eigenvalue weighted by Crippen LogP contribution is 2.21. The second-order valence-corrected chi connectivity index (χ2v) is 3.89. The zero-order valence-electron chi connectivity index (χ0n) is 9.86. The number of hydrogen-bond donors (Lipinski definition) is 1. The first-order valence-corrected chi connectivity index (χ1v) is 5.37. The van der Waals surface area contributed by atoms with Crippen molar-refractivity contribution in [3.63, 3.8) is 0 Å². The molecule has 0 aliphatic rings. The second-order valence-electron chi connectivity index (χ2n) is 3.89. The molecular weight excluding hydrogens is 216 g/mol. The number of H-pyrrole nitrogens is 1. The minimum absolute atomic E-state index is 0.232. The van der Waals surface area contributed by atoms with Crippen LogP contribution in [0, 0.1) is 6.92 Å². The van der Waals surface area contributed by atoms with E-state index >= 15 is 0 Å². The lowest BCUT2D eigenvalue weighted by atomic mass is 10.0. The van der Waals surface area contributed by atoms with Crippen molar-refractivity contribution in [1.82, 2.24) is 10.2 Å². The van der Waals surface area contributed by atoms with E-state index in [1.807, 2.05) is 31.2 Å². The molecule has 0 amide bonds. The molecule has 0 spiro atoms. The normalized spacial score (nSPS) is 10.2. The van der Waals surface area contributed by atoms with Crippen LogP contribution in [0.2, 0.25) is 0 Å². The Hall–Kier alpha value is -2.10. The number of esters is 1. The van der Waals surface area contributed by atoms with Crippen molar-refractivity contribution < 1.29 is 9.53 Å². The molecule has 2 rings (SSSR count). The summed E-state index contributed by atoms with van der Waals surface area (Å²) >= 11 is 0. The van der Waals surface area contributed by atoms with Gasteiger partial charge in [-0.2, -0.15) is 5.10 Å². The SMILES string of the molecule is COC(=O)Cc1cn[nH]c1-c1ccc(C)cc1. The van der Waals surface area contributed by atoms with E-state index in [9.17, 15) is 4.79 Å². The molecule has 0 atom stereocenters. The van der Waals surface area contributed by atoms with Crippen LogP contribution in [0.25, 0.3) is 11.3 Å². The van der Waals surface area contributed by atoms with Crippen LogP contribution in [-0.2, 0) is 16.0 Å². The molecule has 88 valence electrons. The first-order valence-electron chi connectivity index (χ1n) is 5.37. The number of ether oxygens (including phenoxy) is 1. The van der Waals surface area contributed by atoms with Gasteiger partial charge in [0.05, 0.1) is 25.4 Å². The fraction of sp³-hybridized carbons (Fsp3) is 0.231. The molecule has 4 heteroatoms. The molecule has 0 saturated carbocycles.